The minimum absolute atomic E-state index is 0.0200. The summed E-state index contributed by atoms with van der Waals surface area (Å²) in [6, 6.07) is 5.83. The first-order chi connectivity index (χ1) is 16.3. The third-order valence-electron chi connectivity index (χ3n) is 6.22. The molecule has 0 N–H and O–H groups in total. The second kappa shape index (κ2) is 13.5. The van der Waals surface area contributed by atoms with Crippen LogP contribution >= 0.6 is 0 Å². The summed E-state index contributed by atoms with van der Waals surface area (Å²) < 4.78 is 61.3. The second-order valence-corrected chi connectivity index (χ2v) is 8.52. The van der Waals surface area contributed by atoms with Gasteiger partial charge in [-0.05, 0) is 56.2 Å². The van der Waals surface area contributed by atoms with Gasteiger partial charge in [-0.2, -0.15) is 0 Å². The maximum absolute atomic E-state index is 14.6. The maximum Gasteiger partial charge on any atom is 0.134 e. The lowest BCUT2D eigenvalue weighted by atomic mass is 10.00. The van der Waals surface area contributed by atoms with Crippen molar-refractivity contribution in [2.45, 2.75) is 105 Å². The number of hydrogen-bond donors (Lipinski definition) is 0. The molecule has 0 spiro atoms. The van der Waals surface area contributed by atoms with E-state index in [1.807, 2.05) is 27.7 Å². The summed E-state index contributed by atoms with van der Waals surface area (Å²) in [7, 11) is 0. The average Bonchev–Trinajstić information content (AvgIpc) is 2.83. The lowest BCUT2D eigenvalue weighted by molar-refractivity contribution is 0.172. The molecule has 2 aromatic rings. The van der Waals surface area contributed by atoms with E-state index in [-0.39, 0.29) is 23.9 Å². The molecule has 2 aromatic carbocycles. The number of rotatable bonds is 14. The molecule has 0 unspecified atom stereocenters. The van der Waals surface area contributed by atoms with Crippen molar-refractivity contribution in [3.05, 3.63) is 41.5 Å². The molecule has 0 heterocycles. The zero-order chi connectivity index (χ0) is 25.3. The van der Waals surface area contributed by atoms with Gasteiger partial charge >= 0.3 is 0 Å². The topological polar surface area (TPSA) is 27.7 Å². The van der Waals surface area contributed by atoms with Gasteiger partial charge in [-0.15, -0.1) is 0 Å². The van der Waals surface area contributed by atoms with Gasteiger partial charge in [-0.3, -0.25) is 0 Å². The van der Waals surface area contributed by atoms with Crippen LogP contribution in [0.5, 0.6) is 17.2 Å². The molecule has 0 bridgehead atoms. The lowest BCUT2D eigenvalue weighted by Gasteiger charge is -2.25. The lowest BCUT2D eigenvalue weighted by Crippen LogP contribution is -2.18. The van der Waals surface area contributed by atoms with Gasteiger partial charge < -0.3 is 14.2 Å². The van der Waals surface area contributed by atoms with Crippen LogP contribution in [0.1, 0.15) is 85.6 Å². The predicted molar refractivity (Wildman–Crippen MR) is 132 cm³/mol. The van der Waals surface area contributed by atoms with E-state index in [1.54, 1.807) is 12.1 Å². The Kier molecular flexibility index (Phi) is 11.1. The third-order valence-corrected chi connectivity index (χ3v) is 6.22. The van der Waals surface area contributed by atoms with Crippen molar-refractivity contribution in [1.82, 2.24) is 0 Å². The van der Waals surface area contributed by atoms with Gasteiger partial charge in [0.05, 0.1) is 29.4 Å². The molecule has 0 aliphatic carbocycles. The molecule has 0 aliphatic heterocycles. The van der Waals surface area contributed by atoms with E-state index < -0.39 is 23.9 Å². The Morgan fingerprint density at radius 1 is 0.618 bits per heavy atom. The molecule has 0 saturated carbocycles. The summed E-state index contributed by atoms with van der Waals surface area (Å²) in [4.78, 5) is 0. The number of hydrogen-bond acceptors (Lipinski definition) is 3. The van der Waals surface area contributed by atoms with Crippen LogP contribution in [0.4, 0.5) is 13.2 Å². The molecule has 190 valence electrons. The second-order valence-electron chi connectivity index (χ2n) is 8.52. The van der Waals surface area contributed by atoms with Crippen LogP contribution < -0.4 is 14.2 Å². The standard InChI is InChI=1S/C28H39F3O3/c1-7-19(8-2)32-22-15-26(33-20(9-3)10-4)28(27(16-22)34-21(11-5)12-6)18-13-24(30)23(17-29)25(31)14-18/h13-16,19-21H,7-12,17H2,1-6H3. The normalized spacial score (nSPS) is 11.5. The Bertz CT molecular complexity index is 846. The number of alkyl halides is 1. The molecule has 6 heteroatoms. The first-order valence-electron chi connectivity index (χ1n) is 12.6. The highest BCUT2D eigenvalue weighted by molar-refractivity contribution is 5.78. The van der Waals surface area contributed by atoms with Gasteiger partial charge in [0.1, 0.15) is 35.6 Å². The maximum atomic E-state index is 14.6. The summed E-state index contributed by atoms with van der Waals surface area (Å²) in [5.74, 6) is -0.413. The molecule has 0 amide bonds. The fraction of sp³-hybridized carbons (Fsp3) is 0.571. The summed E-state index contributed by atoms with van der Waals surface area (Å²) >= 11 is 0. The SMILES string of the molecule is CCC(CC)Oc1cc(OC(CC)CC)c(-c2cc(F)c(CF)c(F)c2)c(OC(CC)CC)c1. The largest absolute Gasteiger partial charge is 0.490 e. The zero-order valence-corrected chi connectivity index (χ0v) is 21.3. The van der Waals surface area contributed by atoms with Crippen molar-refractivity contribution < 1.29 is 27.4 Å². The zero-order valence-electron chi connectivity index (χ0n) is 21.3. The molecule has 34 heavy (non-hydrogen) atoms. The molecule has 0 aromatic heterocycles. The Morgan fingerprint density at radius 2 is 1.00 bits per heavy atom. The van der Waals surface area contributed by atoms with E-state index in [1.165, 1.54) is 0 Å². The van der Waals surface area contributed by atoms with E-state index in [9.17, 15) is 13.2 Å². The van der Waals surface area contributed by atoms with E-state index in [2.05, 4.69) is 13.8 Å². The highest BCUT2D eigenvalue weighted by atomic mass is 19.1. The minimum Gasteiger partial charge on any atom is -0.490 e. The van der Waals surface area contributed by atoms with E-state index >= 15 is 0 Å². The van der Waals surface area contributed by atoms with Gasteiger partial charge in [0.15, 0.2) is 0 Å². The van der Waals surface area contributed by atoms with Gasteiger partial charge in [0, 0.05) is 12.1 Å². The summed E-state index contributed by atoms with van der Waals surface area (Å²) in [6.45, 7) is 11.0. The van der Waals surface area contributed by atoms with Crippen LogP contribution in [-0.2, 0) is 6.67 Å². The smallest absolute Gasteiger partial charge is 0.134 e. The van der Waals surface area contributed by atoms with Crippen LogP contribution in [0.2, 0.25) is 0 Å². The highest BCUT2D eigenvalue weighted by Gasteiger charge is 2.23. The molecule has 0 atom stereocenters. The Labute approximate surface area is 202 Å². The van der Waals surface area contributed by atoms with Crippen molar-refractivity contribution in [2.75, 3.05) is 0 Å². The molecule has 3 nitrogen and oxygen atoms in total. The molecule has 0 saturated heterocycles. The highest BCUT2D eigenvalue weighted by Crippen LogP contribution is 2.44. The molecule has 2 rings (SSSR count). The minimum atomic E-state index is -1.21. The van der Waals surface area contributed by atoms with Crippen LogP contribution in [-0.4, -0.2) is 18.3 Å². The summed E-state index contributed by atoms with van der Waals surface area (Å²) in [6.07, 6.45) is 4.56. The number of halogens is 3. The molecule has 0 aliphatic rings. The van der Waals surface area contributed by atoms with Crippen LogP contribution in [0.15, 0.2) is 24.3 Å². The van der Waals surface area contributed by atoms with Crippen LogP contribution in [0.3, 0.4) is 0 Å². The van der Waals surface area contributed by atoms with Crippen LogP contribution in [0, 0.1) is 11.6 Å². The van der Waals surface area contributed by atoms with Gasteiger partial charge in [-0.1, -0.05) is 41.5 Å². The molecular formula is C28H39F3O3. The summed E-state index contributed by atoms with van der Waals surface area (Å²) in [5, 5.41) is 0. The van der Waals surface area contributed by atoms with Crippen molar-refractivity contribution in [3.8, 4) is 28.4 Å². The number of benzene rings is 2. The summed E-state index contributed by atoms with van der Waals surface area (Å²) in [5.41, 5.74) is 0.101. The van der Waals surface area contributed by atoms with Crippen molar-refractivity contribution in [1.29, 1.82) is 0 Å². The van der Waals surface area contributed by atoms with E-state index in [0.29, 0.717) is 22.8 Å². The van der Waals surface area contributed by atoms with Gasteiger partial charge in [0.25, 0.3) is 0 Å². The molecular weight excluding hydrogens is 441 g/mol. The Morgan fingerprint density at radius 3 is 1.35 bits per heavy atom. The number of ether oxygens (including phenoxy) is 3. The van der Waals surface area contributed by atoms with Crippen molar-refractivity contribution >= 4 is 0 Å². The molecule has 0 fully saturated rings. The fourth-order valence-corrected chi connectivity index (χ4v) is 3.90. The monoisotopic (exact) mass is 480 g/mol. The quantitative estimate of drug-likeness (QED) is 0.270. The van der Waals surface area contributed by atoms with Gasteiger partial charge in [0.2, 0.25) is 0 Å². The Balaban J connectivity index is 2.78. The first kappa shape index (κ1) is 27.9. The molecule has 0 radical (unpaired) electrons. The average molecular weight is 481 g/mol. The third kappa shape index (κ3) is 6.83. The van der Waals surface area contributed by atoms with Crippen LogP contribution in [0.25, 0.3) is 11.1 Å². The first-order valence-corrected chi connectivity index (χ1v) is 12.6. The van der Waals surface area contributed by atoms with E-state index in [0.717, 1.165) is 50.7 Å². The Hall–Kier alpha value is -2.37. The van der Waals surface area contributed by atoms with E-state index in [4.69, 9.17) is 14.2 Å². The van der Waals surface area contributed by atoms with Gasteiger partial charge in [-0.25, -0.2) is 13.2 Å². The van der Waals surface area contributed by atoms with Crippen molar-refractivity contribution in [2.24, 2.45) is 0 Å². The predicted octanol–water partition coefficient (Wildman–Crippen LogP) is 8.80. The van der Waals surface area contributed by atoms with Crippen molar-refractivity contribution in [3.63, 3.8) is 0 Å². The fourth-order valence-electron chi connectivity index (χ4n) is 3.90.